The second kappa shape index (κ2) is 7.48. The number of hydrogen-bond acceptors (Lipinski definition) is 4. The van der Waals surface area contributed by atoms with Crippen molar-refractivity contribution in [2.24, 2.45) is 0 Å². The standard InChI is InChI=1S/C21H18N4O3/c26-19(23-16-9-3-8-15-13(16)6-4-12-22-15)11-10-18-21(28)24-17-7-2-1-5-14(17)20(27)25-18/h1-9,12,18H,10-11H2,(H,23,26)(H,24,28)(H,25,27)/t18-/m1/s1. The molecule has 0 saturated heterocycles. The molecule has 1 aromatic heterocycles. The fourth-order valence-electron chi connectivity index (χ4n) is 3.22. The molecule has 3 amide bonds. The molecule has 1 aliphatic heterocycles. The van der Waals surface area contributed by atoms with Gasteiger partial charge >= 0.3 is 0 Å². The Morgan fingerprint density at radius 3 is 2.79 bits per heavy atom. The largest absolute Gasteiger partial charge is 0.340 e. The number of rotatable bonds is 4. The van der Waals surface area contributed by atoms with Crippen LogP contribution in [-0.4, -0.2) is 28.7 Å². The van der Waals surface area contributed by atoms with E-state index in [-0.39, 0.29) is 30.6 Å². The first-order valence-corrected chi connectivity index (χ1v) is 8.96. The van der Waals surface area contributed by atoms with Crippen molar-refractivity contribution < 1.29 is 14.4 Å². The van der Waals surface area contributed by atoms with E-state index < -0.39 is 6.04 Å². The smallest absolute Gasteiger partial charge is 0.254 e. The molecular formula is C21H18N4O3. The summed E-state index contributed by atoms with van der Waals surface area (Å²) in [5.41, 5.74) is 2.33. The molecule has 28 heavy (non-hydrogen) atoms. The molecule has 1 aliphatic rings. The number of aromatic nitrogens is 1. The van der Waals surface area contributed by atoms with Crippen molar-refractivity contribution in [3.05, 3.63) is 66.4 Å². The molecule has 3 aromatic rings. The van der Waals surface area contributed by atoms with Crippen molar-refractivity contribution in [3.63, 3.8) is 0 Å². The monoisotopic (exact) mass is 374 g/mol. The maximum absolute atomic E-state index is 12.4. The Labute approximate surface area is 161 Å². The van der Waals surface area contributed by atoms with Gasteiger partial charge in [0.15, 0.2) is 0 Å². The molecule has 140 valence electrons. The van der Waals surface area contributed by atoms with E-state index in [1.165, 1.54) is 0 Å². The number of hydrogen-bond donors (Lipinski definition) is 3. The Morgan fingerprint density at radius 1 is 1.04 bits per heavy atom. The molecule has 0 spiro atoms. The van der Waals surface area contributed by atoms with Gasteiger partial charge in [0.05, 0.1) is 22.5 Å². The van der Waals surface area contributed by atoms with Gasteiger partial charge in [-0.2, -0.15) is 0 Å². The number of fused-ring (bicyclic) bond motifs is 2. The number of amides is 3. The number of carbonyl (C=O) groups excluding carboxylic acids is 3. The van der Waals surface area contributed by atoms with Crippen LogP contribution in [0.5, 0.6) is 0 Å². The molecular weight excluding hydrogens is 356 g/mol. The zero-order chi connectivity index (χ0) is 19.5. The van der Waals surface area contributed by atoms with Gasteiger partial charge in [-0.05, 0) is 42.8 Å². The van der Waals surface area contributed by atoms with Crippen LogP contribution in [-0.2, 0) is 9.59 Å². The van der Waals surface area contributed by atoms with Crippen LogP contribution in [0.4, 0.5) is 11.4 Å². The molecule has 7 heteroatoms. The van der Waals surface area contributed by atoms with E-state index in [1.807, 2.05) is 18.2 Å². The van der Waals surface area contributed by atoms with E-state index in [1.54, 1.807) is 42.6 Å². The Kier molecular flexibility index (Phi) is 4.72. The lowest BCUT2D eigenvalue weighted by molar-refractivity contribution is -0.118. The molecule has 0 radical (unpaired) electrons. The van der Waals surface area contributed by atoms with Gasteiger partial charge in [0.25, 0.3) is 5.91 Å². The van der Waals surface area contributed by atoms with Crippen LogP contribution in [0.15, 0.2) is 60.8 Å². The van der Waals surface area contributed by atoms with Gasteiger partial charge in [0.1, 0.15) is 6.04 Å². The second-order valence-corrected chi connectivity index (χ2v) is 6.52. The van der Waals surface area contributed by atoms with Crippen LogP contribution >= 0.6 is 0 Å². The fraction of sp³-hybridized carbons (Fsp3) is 0.143. The minimum atomic E-state index is -0.778. The second-order valence-electron chi connectivity index (χ2n) is 6.52. The first-order valence-electron chi connectivity index (χ1n) is 8.96. The van der Waals surface area contributed by atoms with Gasteiger partial charge < -0.3 is 16.0 Å². The number of nitrogens with zero attached hydrogens (tertiary/aromatic N) is 1. The van der Waals surface area contributed by atoms with Crippen LogP contribution in [0.1, 0.15) is 23.2 Å². The quantitative estimate of drug-likeness (QED) is 0.654. The summed E-state index contributed by atoms with van der Waals surface area (Å²) in [6, 6.07) is 15.2. The topological polar surface area (TPSA) is 100 Å². The number of nitrogens with one attached hydrogen (secondary N) is 3. The highest BCUT2D eigenvalue weighted by atomic mass is 16.2. The van der Waals surface area contributed by atoms with Gasteiger partial charge in [-0.1, -0.05) is 18.2 Å². The average Bonchev–Trinajstić information content (AvgIpc) is 2.83. The summed E-state index contributed by atoms with van der Waals surface area (Å²) >= 11 is 0. The SMILES string of the molecule is O=C(CC[C@H]1NC(=O)c2ccccc2NC1=O)Nc1cccc2ncccc12. The van der Waals surface area contributed by atoms with Crippen LogP contribution in [0.2, 0.25) is 0 Å². The first kappa shape index (κ1) is 17.7. The van der Waals surface area contributed by atoms with Crippen LogP contribution in [0.25, 0.3) is 10.9 Å². The van der Waals surface area contributed by atoms with Crippen molar-refractivity contribution in [2.45, 2.75) is 18.9 Å². The first-order chi connectivity index (χ1) is 13.6. The molecule has 3 N–H and O–H groups in total. The van der Waals surface area contributed by atoms with Gasteiger partial charge in [0.2, 0.25) is 11.8 Å². The summed E-state index contributed by atoms with van der Waals surface area (Å²) in [4.78, 5) is 41.4. The molecule has 0 unspecified atom stereocenters. The summed E-state index contributed by atoms with van der Waals surface area (Å²) < 4.78 is 0. The molecule has 1 atom stereocenters. The fourth-order valence-corrected chi connectivity index (χ4v) is 3.22. The van der Waals surface area contributed by atoms with E-state index in [0.717, 1.165) is 10.9 Å². The summed E-state index contributed by atoms with van der Waals surface area (Å²) in [5.74, 6) is -0.903. The normalized spacial score (nSPS) is 15.9. The van der Waals surface area contributed by atoms with E-state index in [0.29, 0.717) is 16.9 Å². The minimum absolute atomic E-state index is 0.0887. The zero-order valence-electron chi connectivity index (χ0n) is 14.9. The zero-order valence-corrected chi connectivity index (χ0v) is 14.9. The van der Waals surface area contributed by atoms with E-state index in [2.05, 4.69) is 20.9 Å². The predicted octanol–water partition coefficient (Wildman–Crippen LogP) is 2.70. The van der Waals surface area contributed by atoms with Crippen molar-refractivity contribution in [3.8, 4) is 0 Å². The highest BCUT2D eigenvalue weighted by Crippen LogP contribution is 2.22. The summed E-state index contributed by atoms with van der Waals surface area (Å²) in [7, 11) is 0. The summed E-state index contributed by atoms with van der Waals surface area (Å²) in [5, 5.41) is 9.13. The van der Waals surface area contributed by atoms with Crippen LogP contribution in [0.3, 0.4) is 0 Å². The van der Waals surface area contributed by atoms with Crippen LogP contribution in [0, 0.1) is 0 Å². The van der Waals surface area contributed by atoms with Crippen molar-refractivity contribution in [1.82, 2.24) is 10.3 Å². The van der Waals surface area contributed by atoms with E-state index in [4.69, 9.17) is 0 Å². The summed E-state index contributed by atoms with van der Waals surface area (Å²) in [6.45, 7) is 0. The number of carbonyl (C=O) groups is 3. The molecule has 2 heterocycles. The van der Waals surface area contributed by atoms with Gasteiger partial charge in [0, 0.05) is 18.0 Å². The van der Waals surface area contributed by atoms with Gasteiger partial charge in [-0.15, -0.1) is 0 Å². The Hall–Kier alpha value is -3.74. The average molecular weight is 374 g/mol. The number of pyridine rings is 1. The minimum Gasteiger partial charge on any atom is -0.340 e. The third-order valence-electron chi connectivity index (χ3n) is 4.63. The Balaban J connectivity index is 1.42. The molecule has 0 saturated carbocycles. The van der Waals surface area contributed by atoms with Crippen molar-refractivity contribution in [1.29, 1.82) is 0 Å². The molecule has 0 fully saturated rings. The molecule has 0 aliphatic carbocycles. The summed E-state index contributed by atoms with van der Waals surface area (Å²) in [6.07, 6.45) is 1.98. The Bertz CT molecular complexity index is 1070. The molecule has 4 rings (SSSR count). The number of para-hydroxylation sites is 1. The van der Waals surface area contributed by atoms with Crippen molar-refractivity contribution >= 4 is 40.0 Å². The lowest BCUT2D eigenvalue weighted by Gasteiger charge is -2.14. The maximum Gasteiger partial charge on any atom is 0.254 e. The maximum atomic E-state index is 12.4. The number of benzene rings is 2. The third-order valence-corrected chi connectivity index (χ3v) is 4.63. The number of anilines is 2. The van der Waals surface area contributed by atoms with Crippen LogP contribution < -0.4 is 16.0 Å². The third kappa shape index (κ3) is 3.55. The van der Waals surface area contributed by atoms with Gasteiger partial charge in [-0.25, -0.2) is 0 Å². The predicted molar refractivity (Wildman–Crippen MR) is 106 cm³/mol. The highest BCUT2D eigenvalue weighted by molar-refractivity contribution is 6.10. The van der Waals surface area contributed by atoms with Gasteiger partial charge in [-0.3, -0.25) is 19.4 Å². The lowest BCUT2D eigenvalue weighted by Crippen LogP contribution is -2.41. The van der Waals surface area contributed by atoms with E-state index >= 15 is 0 Å². The highest BCUT2D eigenvalue weighted by Gasteiger charge is 2.27. The van der Waals surface area contributed by atoms with E-state index in [9.17, 15) is 14.4 Å². The Morgan fingerprint density at radius 2 is 1.89 bits per heavy atom. The molecule has 0 bridgehead atoms. The molecule has 7 nitrogen and oxygen atoms in total. The van der Waals surface area contributed by atoms with Crippen molar-refractivity contribution in [2.75, 3.05) is 10.6 Å². The molecule has 2 aromatic carbocycles. The lowest BCUT2D eigenvalue weighted by atomic mass is 10.1.